The number of aromatic nitrogens is 3. The molecule has 1 aromatic heterocycles. The van der Waals surface area contributed by atoms with Crippen LogP contribution in [-0.4, -0.2) is 14.8 Å². The average Bonchev–Trinajstić information content (AvgIpc) is 2.95. The minimum atomic E-state index is -4.41. The third-order valence-electron chi connectivity index (χ3n) is 4.13. The lowest BCUT2D eigenvalue weighted by molar-refractivity contribution is -0.137. The molecule has 0 aliphatic heterocycles. The van der Waals surface area contributed by atoms with E-state index in [4.69, 9.17) is 0 Å². The van der Waals surface area contributed by atoms with E-state index in [2.05, 4.69) is 31.0 Å². The SMILES string of the molecule is CC(C)(C)c1ccc(-n2c(-c3ccc(C(F)(F)F)cc3)n[nH]c2=O)cc1. The van der Waals surface area contributed by atoms with Gasteiger partial charge in [-0.25, -0.2) is 14.5 Å². The number of halogens is 3. The van der Waals surface area contributed by atoms with Crippen molar-refractivity contribution < 1.29 is 13.2 Å². The molecule has 0 saturated carbocycles. The van der Waals surface area contributed by atoms with E-state index in [1.165, 1.54) is 16.7 Å². The van der Waals surface area contributed by atoms with Crippen molar-refractivity contribution in [3.05, 3.63) is 70.1 Å². The second kappa shape index (κ2) is 6.16. The predicted molar refractivity (Wildman–Crippen MR) is 93.3 cm³/mol. The summed E-state index contributed by atoms with van der Waals surface area (Å²) in [6.45, 7) is 6.25. The summed E-state index contributed by atoms with van der Waals surface area (Å²) in [5.74, 6) is 0.257. The summed E-state index contributed by atoms with van der Waals surface area (Å²) >= 11 is 0. The molecule has 0 aliphatic carbocycles. The minimum absolute atomic E-state index is 0.0316. The van der Waals surface area contributed by atoms with E-state index in [1.54, 1.807) is 12.1 Å². The molecule has 2 aromatic carbocycles. The Morgan fingerprint density at radius 2 is 1.42 bits per heavy atom. The maximum Gasteiger partial charge on any atom is 0.416 e. The number of nitrogens with one attached hydrogen (secondary N) is 1. The van der Waals surface area contributed by atoms with Gasteiger partial charge in [-0.15, -0.1) is 0 Å². The van der Waals surface area contributed by atoms with Crippen molar-refractivity contribution >= 4 is 0 Å². The van der Waals surface area contributed by atoms with Gasteiger partial charge in [-0.1, -0.05) is 45.0 Å². The van der Waals surface area contributed by atoms with Crippen LogP contribution in [0.4, 0.5) is 13.2 Å². The zero-order chi connectivity index (χ0) is 19.1. The molecule has 0 atom stereocenters. The Morgan fingerprint density at radius 1 is 0.885 bits per heavy atom. The maximum atomic E-state index is 12.7. The monoisotopic (exact) mass is 361 g/mol. The number of benzene rings is 2. The van der Waals surface area contributed by atoms with Gasteiger partial charge in [0.15, 0.2) is 5.82 Å². The largest absolute Gasteiger partial charge is 0.416 e. The summed E-state index contributed by atoms with van der Waals surface area (Å²) < 4.78 is 39.5. The number of nitrogens with zero attached hydrogens (tertiary/aromatic N) is 2. The van der Waals surface area contributed by atoms with Crippen molar-refractivity contribution in [3.8, 4) is 17.1 Å². The first kappa shape index (κ1) is 18.0. The molecule has 0 radical (unpaired) electrons. The topological polar surface area (TPSA) is 50.7 Å². The molecule has 0 spiro atoms. The van der Waals surface area contributed by atoms with Gasteiger partial charge in [-0.2, -0.15) is 18.3 Å². The molecular weight excluding hydrogens is 343 g/mol. The number of hydrogen-bond donors (Lipinski definition) is 1. The zero-order valence-corrected chi connectivity index (χ0v) is 14.6. The lowest BCUT2D eigenvalue weighted by atomic mass is 9.87. The quantitative estimate of drug-likeness (QED) is 0.728. The molecular formula is C19H18F3N3O. The van der Waals surface area contributed by atoms with Crippen LogP contribution in [0.2, 0.25) is 0 Å². The zero-order valence-electron chi connectivity index (χ0n) is 14.6. The first-order chi connectivity index (χ1) is 12.1. The molecule has 1 N–H and O–H groups in total. The van der Waals surface area contributed by atoms with Crippen LogP contribution in [0, 0.1) is 0 Å². The minimum Gasteiger partial charge on any atom is -0.246 e. The molecule has 0 aliphatic rings. The van der Waals surface area contributed by atoms with Crippen molar-refractivity contribution in [2.75, 3.05) is 0 Å². The van der Waals surface area contributed by atoms with Crippen molar-refractivity contribution in [1.29, 1.82) is 0 Å². The van der Waals surface area contributed by atoms with Crippen molar-refractivity contribution in [2.24, 2.45) is 0 Å². The van der Waals surface area contributed by atoms with Crippen LogP contribution in [0.5, 0.6) is 0 Å². The Balaban J connectivity index is 2.04. The van der Waals surface area contributed by atoms with E-state index in [0.29, 0.717) is 11.3 Å². The second-order valence-electron chi connectivity index (χ2n) is 7.06. The number of aromatic amines is 1. The Hall–Kier alpha value is -2.83. The van der Waals surface area contributed by atoms with Gasteiger partial charge in [-0.05, 0) is 35.2 Å². The molecule has 7 heteroatoms. The number of hydrogen-bond acceptors (Lipinski definition) is 2. The molecule has 3 aromatic rings. The van der Waals surface area contributed by atoms with E-state index < -0.39 is 17.4 Å². The normalized spacial score (nSPS) is 12.4. The first-order valence-corrected chi connectivity index (χ1v) is 8.03. The Morgan fingerprint density at radius 3 is 1.92 bits per heavy atom. The van der Waals surface area contributed by atoms with Gasteiger partial charge in [0, 0.05) is 5.56 Å². The van der Waals surface area contributed by atoms with Gasteiger partial charge in [0.2, 0.25) is 0 Å². The first-order valence-electron chi connectivity index (χ1n) is 8.03. The van der Waals surface area contributed by atoms with Crippen molar-refractivity contribution in [1.82, 2.24) is 14.8 Å². The van der Waals surface area contributed by atoms with Crippen LogP contribution in [0.25, 0.3) is 17.1 Å². The van der Waals surface area contributed by atoms with Gasteiger partial charge < -0.3 is 0 Å². The van der Waals surface area contributed by atoms with Crippen molar-refractivity contribution in [3.63, 3.8) is 0 Å². The summed E-state index contributed by atoms with van der Waals surface area (Å²) in [7, 11) is 0. The lowest BCUT2D eigenvalue weighted by Crippen LogP contribution is -2.16. The molecule has 0 amide bonds. The molecule has 26 heavy (non-hydrogen) atoms. The second-order valence-corrected chi connectivity index (χ2v) is 7.06. The van der Waals surface area contributed by atoms with Crippen LogP contribution in [0.15, 0.2) is 53.3 Å². The molecule has 0 bridgehead atoms. The molecule has 0 unspecified atom stereocenters. The molecule has 0 saturated heterocycles. The number of alkyl halides is 3. The van der Waals surface area contributed by atoms with E-state index in [0.717, 1.165) is 17.7 Å². The van der Waals surface area contributed by atoms with Gasteiger partial charge in [-0.3, -0.25) is 0 Å². The fourth-order valence-electron chi connectivity index (χ4n) is 2.65. The highest BCUT2D eigenvalue weighted by molar-refractivity contribution is 5.58. The standard InChI is InChI=1S/C19H18F3N3O/c1-18(2,3)13-8-10-15(11-9-13)25-16(23-24-17(25)26)12-4-6-14(7-5-12)19(20,21)22/h4-11H,1-3H3,(H,24,26). The van der Waals surface area contributed by atoms with E-state index in [-0.39, 0.29) is 11.2 Å². The van der Waals surface area contributed by atoms with Crippen LogP contribution >= 0.6 is 0 Å². The van der Waals surface area contributed by atoms with E-state index in [9.17, 15) is 18.0 Å². The third kappa shape index (κ3) is 3.42. The third-order valence-corrected chi connectivity index (χ3v) is 4.13. The lowest BCUT2D eigenvalue weighted by Gasteiger charge is -2.19. The van der Waals surface area contributed by atoms with Gasteiger partial charge in [0.1, 0.15) is 0 Å². The van der Waals surface area contributed by atoms with Crippen LogP contribution in [0.3, 0.4) is 0 Å². The highest BCUT2D eigenvalue weighted by Crippen LogP contribution is 2.31. The number of H-pyrrole nitrogens is 1. The van der Waals surface area contributed by atoms with Crippen LogP contribution in [-0.2, 0) is 11.6 Å². The van der Waals surface area contributed by atoms with E-state index in [1.807, 2.05) is 12.1 Å². The highest BCUT2D eigenvalue weighted by atomic mass is 19.4. The molecule has 3 rings (SSSR count). The maximum absolute atomic E-state index is 12.7. The van der Waals surface area contributed by atoms with Crippen LogP contribution in [0.1, 0.15) is 31.9 Å². The van der Waals surface area contributed by atoms with Gasteiger partial charge in [0.25, 0.3) is 0 Å². The summed E-state index contributed by atoms with van der Waals surface area (Å²) in [5.41, 5.74) is 0.872. The smallest absolute Gasteiger partial charge is 0.246 e. The van der Waals surface area contributed by atoms with Gasteiger partial charge >= 0.3 is 11.9 Å². The summed E-state index contributed by atoms with van der Waals surface area (Å²) in [5, 5.41) is 6.33. The number of rotatable bonds is 2. The summed E-state index contributed by atoms with van der Waals surface area (Å²) in [6.07, 6.45) is -4.41. The highest BCUT2D eigenvalue weighted by Gasteiger charge is 2.30. The molecule has 4 nitrogen and oxygen atoms in total. The summed E-state index contributed by atoms with van der Waals surface area (Å²) in [4.78, 5) is 12.2. The summed E-state index contributed by atoms with van der Waals surface area (Å²) in [6, 6.07) is 12.0. The molecule has 136 valence electrons. The Labute approximate surface area is 148 Å². The van der Waals surface area contributed by atoms with Crippen LogP contribution < -0.4 is 5.69 Å². The van der Waals surface area contributed by atoms with Crippen molar-refractivity contribution in [2.45, 2.75) is 32.4 Å². The predicted octanol–water partition coefficient (Wildman–Crippen LogP) is 4.54. The van der Waals surface area contributed by atoms with Gasteiger partial charge in [0.05, 0.1) is 11.3 Å². The fourth-order valence-corrected chi connectivity index (χ4v) is 2.65. The Bertz CT molecular complexity index is 959. The molecule has 1 heterocycles. The molecule has 0 fully saturated rings. The fraction of sp³-hybridized carbons (Fsp3) is 0.263. The Kier molecular flexibility index (Phi) is 4.26. The van der Waals surface area contributed by atoms with E-state index >= 15 is 0 Å². The average molecular weight is 361 g/mol.